The van der Waals surface area contributed by atoms with E-state index in [9.17, 15) is 13.2 Å². The first-order valence-electron chi connectivity index (χ1n) is 5.20. The summed E-state index contributed by atoms with van der Waals surface area (Å²) in [6.07, 6.45) is -4.30. The van der Waals surface area contributed by atoms with Gasteiger partial charge in [-0.1, -0.05) is 49.1 Å². The third-order valence-electron chi connectivity index (χ3n) is 2.57. The second-order valence-electron chi connectivity index (χ2n) is 3.78. The Morgan fingerprint density at radius 3 is 1.95 bits per heavy atom. The molecule has 100 valence electrons. The van der Waals surface area contributed by atoms with Crippen LogP contribution in [0.15, 0.2) is 62.0 Å². The van der Waals surface area contributed by atoms with Crippen LogP contribution >= 0.6 is 23.5 Å². The average molecular weight is 300 g/mol. The maximum Gasteiger partial charge on any atom is 0.417 e. The Labute approximate surface area is 118 Å². The molecule has 0 spiro atoms. The van der Waals surface area contributed by atoms with Crippen molar-refractivity contribution >= 4 is 23.5 Å². The molecular weight excluding hydrogens is 289 g/mol. The molecule has 0 unspecified atom stereocenters. The summed E-state index contributed by atoms with van der Waals surface area (Å²) in [7, 11) is 0. The number of hydrogen-bond donors (Lipinski definition) is 0. The fourth-order valence-electron chi connectivity index (χ4n) is 1.77. The third kappa shape index (κ3) is 2.62. The number of halogens is 3. The summed E-state index contributed by atoms with van der Waals surface area (Å²) in [5, 5.41) is 0. The van der Waals surface area contributed by atoms with Crippen LogP contribution in [-0.2, 0) is 6.18 Å². The molecular formula is C14H11F3S2. The molecule has 0 saturated heterocycles. The van der Waals surface area contributed by atoms with E-state index in [1.165, 1.54) is 29.6 Å². The minimum atomic E-state index is -4.30. The lowest BCUT2D eigenvalue weighted by Crippen LogP contribution is -2.08. The van der Waals surface area contributed by atoms with Crippen LogP contribution in [0, 0.1) is 0 Å². The number of alkyl halides is 3. The maximum atomic E-state index is 12.9. The Hall–Kier alpha value is -1.07. The van der Waals surface area contributed by atoms with Gasteiger partial charge in [0.2, 0.25) is 0 Å². The largest absolute Gasteiger partial charge is 0.417 e. The van der Waals surface area contributed by atoms with Gasteiger partial charge >= 0.3 is 6.18 Å². The van der Waals surface area contributed by atoms with E-state index >= 15 is 0 Å². The Kier molecular flexibility index (Phi) is 3.87. The zero-order valence-corrected chi connectivity index (χ0v) is 10.6. The van der Waals surface area contributed by atoms with E-state index in [2.05, 4.69) is 0 Å². The molecule has 0 radical (unpaired) electrons. The lowest BCUT2D eigenvalue weighted by Gasteiger charge is -2.21. The lowest BCUT2D eigenvalue weighted by atomic mass is 10.2. The van der Waals surface area contributed by atoms with Gasteiger partial charge < -0.3 is 0 Å². The molecule has 0 bridgehead atoms. The highest BCUT2D eigenvalue weighted by Gasteiger charge is 2.35. The van der Waals surface area contributed by atoms with Crippen molar-refractivity contribution in [2.24, 2.45) is 0 Å². The number of fused-ring (bicyclic) bond motifs is 2. The zero-order valence-electron chi connectivity index (χ0n) is 8.99. The molecule has 0 nitrogen and oxygen atoms in total. The summed E-state index contributed by atoms with van der Waals surface area (Å²) in [5.41, 5.74) is -0.549. The van der Waals surface area contributed by atoms with Crippen LogP contribution in [0.5, 0.6) is 0 Å². The molecule has 0 saturated carbocycles. The molecule has 0 amide bonds. The molecule has 1 heterocycles. The normalized spacial score (nSPS) is 13.2. The smallest absolute Gasteiger partial charge is 0.166 e. The van der Waals surface area contributed by atoms with Gasteiger partial charge in [0.15, 0.2) is 0 Å². The van der Waals surface area contributed by atoms with Gasteiger partial charge in [-0.15, -0.1) is 0 Å². The van der Waals surface area contributed by atoms with Gasteiger partial charge in [0.05, 0.1) is 5.56 Å². The van der Waals surface area contributed by atoms with Crippen molar-refractivity contribution in [1.29, 1.82) is 0 Å². The standard InChI is InChI=1S/C13H7F3S2.CH4/c14-13(15,16)8-4-3-7-11-12(8)18-10-6-2-1-5-9(10)17-11;/h1-7H;1H4. The third-order valence-corrected chi connectivity index (χ3v) is 5.18. The lowest BCUT2D eigenvalue weighted by molar-refractivity contribution is -0.140. The Morgan fingerprint density at radius 2 is 1.32 bits per heavy atom. The molecule has 3 rings (SSSR count). The average Bonchev–Trinajstić information content (AvgIpc) is 2.34. The molecule has 0 aromatic heterocycles. The minimum Gasteiger partial charge on any atom is -0.166 e. The maximum absolute atomic E-state index is 12.9. The minimum absolute atomic E-state index is 0. The fraction of sp³-hybridized carbons (Fsp3) is 0.143. The van der Waals surface area contributed by atoms with Crippen molar-refractivity contribution in [1.82, 2.24) is 0 Å². The molecule has 0 fully saturated rings. The van der Waals surface area contributed by atoms with Crippen molar-refractivity contribution in [3.8, 4) is 0 Å². The molecule has 1 aliphatic heterocycles. The summed E-state index contributed by atoms with van der Waals surface area (Å²) in [6.45, 7) is 0. The van der Waals surface area contributed by atoms with E-state index in [1.54, 1.807) is 6.07 Å². The quantitative estimate of drug-likeness (QED) is 0.502. The van der Waals surface area contributed by atoms with Gasteiger partial charge in [-0.2, -0.15) is 13.2 Å². The predicted octanol–water partition coefficient (Wildman–Crippen LogP) is 5.96. The molecule has 5 heteroatoms. The Morgan fingerprint density at radius 1 is 0.737 bits per heavy atom. The van der Waals surface area contributed by atoms with Gasteiger partial charge in [0.25, 0.3) is 0 Å². The molecule has 2 aromatic carbocycles. The van der Waals surface area contributed by atoms with E-state index in [0.29, 0.717) is 9.79 Å². The van der Waals surface area contributed by atoms with Crippen molar-refractivity contribution in [3.05, 3.63) is 48.0 Å². The van der Waals surface area contributed by atoms with E-state index in [-0.39, 0.29) is 7.43 Å². The van der Waals surface area contributed by atoms with Crippen molar-refractivity contribution in [3.63, 3.8) is 0 Å². The van der Waals surface area contributed by atoms with Crippen molar-refractivity contribution in [2.75, 3.05) is 0 Å². The van der Waals surface area contributed by atoms with Crippen LogP contribution in [0.2, 0.25) is 0 Å². The molecule has 0 N–H and O–H groups in total. The van der Waals surface area contributed by atoms with Crippen molar-refractivity contribution in [2.45, 2.75) is 33.2 Å². The SMILES string of the molecule is C.FC(F)(F)c1cccc2c1Sc1ccccc1S2. The second-order valence-corrected chi connectivity index (χ2v) is 5.92. The fourth-order valence-corrected chi connectivity index (χ4v) is 4.17. The summed E-state index contributed by atoms with van der Waals surface area (Å²) >= 11 is 2.59. The molecule has 0 atom stereocenters. The topological polar surface area (TPSA) is 0 Å². The van der Waals surface area contributed by atoms with Gasteiger partial charge in [-0.25, -0.2) is 0 Å². The zero-order chi connectivity index (χ0) is 12.8. The van der Waals surface area contributed by atoms with E-state index in [4.69, 9.17) is 0 Å². The first-order valence-corrected chi connectivity index (χ1v) is 6.84. The summed E-state index contributed by atoms with van der Waals surface area (Å²) in [6, 6.07) is 11.8. The predicted molar refractivity (Wildman–Crippen MR) is 72.9 cm³/mol. The Balaban J connectivity index is 0.00000133. The Bertz CT molecular complexity index is 606. The summed E-state index contributed by atoms with van der Waals surface area (Å²) < 4.78 is 38.8. The van der Waals surface area contributed by atoms with Gasteiger partial charge in [0.1, 0.15) is 0 Å². The van der Waals surface area contributed by atoms with Crippen LogP contribution in [0.3, 0.4) is 0 Å². The monoisotopic (exact) mass is 300 g/mol. The van der Waals surface area contributed by atoms with Gasteiger partial charge in [0, 0.05) is 19.6 Å². The summed E-state index contributed by atoms with van der Waals surface area (Å²) in [4.78, 5) is 2.88. The van der Waals surface area contributed by atoms with Crippen LogP contribution in [0.1, 0.15) is 13.0 Å². The van der Waals surface area contributed by atoms with Gasteiger partial charge in [-0.3, -0.25) is 0 Å². The van der Waals surface area contributed by atoms with E-state index < -0.39 is 11.7 Å². The highest BCUT2D eigenvalue weighted by atomic mass is 32.2. The van der Waals surface area contributed by atoms with E-state index in [1.807, 2.05) is 24.3 Å². The molecule has 19 heavy (non-hydrogen) atoms. The van der Waals surface area contributed by atoms with Gasteiger partial charge in [-0.05, 0) is 24.3 Å². The van der Waals surface area contributed by atoms with Crippen LogP contribution in [-0.4, -0.2) is 0 Å². The first-order chi connectivity index (χ1) is 8.55. The van der Waals surface area contributed by atoms with Crippen LogP contribution < -0.4 is 0 Å². The number of benzene rings is 2. The molecule has 2 aromatic rings. The second kappa shape index (κ2) is 5.13. The molecule has 0 aliphatic carbocycles. The first kappa shape index (κ1) is 14.3. The number of rotatable bonds is 0. The van der Waals surface area contributed by atoms with Crippen LogP contribution in [0.4, 0.5) is 13.2 Å². The summed E-state index contributed by atoms with van der Waals surface area (Å²) in [5.74, 6) is 0. The molecule has 1 aliphatic rings. The number of hydrogen-bond acceptors (Lipinski definition) is 2. The highest BCUT2D eigenvalue weighted by molar-refractivity contribution is 8.05. The van der Waals surface area contributed by atoms with Crippen molar-refractivity contribution < 1.29 is 13.2 Å². The highest BCUT2D eigenvalue weighted by Crippen LogP contribution is 2.52. The van der Waals surface area contributed by atoms with E-state index in [0.717, 1.165) is 15.9 Å². The van der Waals surface area contributed by atoms with Crippen LogP contribution in [0.25, 0.3) is 0 Å².